The quantitative estimate of drug-likeness (QED) is 0.778. The zero-order valence-corrected chi connectivity index (χ0v) is 10.7. The van der Waals surface area contributed by atoms with Crippen molar-refractivity contribution in [3.05, 3.63) is 58.9 Å². The molecule has 3 nitrogen and oxygen atoms in total. The molecule has 2 N–H and O–H groups in total. The number of nitrogen functional groups attached to an aromatic ring is 1. The van der Waals surface area contributed by atoms with Crippen molar-refractivity contribution < 1.29 is 4.39 Å². The third kappa shape index (κ3) is 2.15. The van der Waals surface area contributed by atoms with E-state index in [0.717, 1.165) is 5.56 Å². The summed E-state index contributed by atoms with van der Waals surface area (Å²) in [7, 11) is 0. The van der Waals surface area contributed by atoms with Gasteiger partial charge in [-0.05, 0) is 29.8 Å². The van der Waals surface area contributed by atoms with Gasteiger partial charge in [0.1, 0.15) is 5.82 Å². The van der Waals surface area contributed by atoms with Gasteiger partial charge in [0.2, 0.25) is 5.95 Å². The van der Waals surface area contributed by atoms with Crippen molar-refractivity contribution >= 4 is 28.6 Å². The highest BCUT2D eigenvalue weighted by molar-refractivity contribution is 6.31. The number of anilines is 1. The van der Waals surface area contributed by atoms with E-state index in [1.54, 1.807) is 10.6 Å². The monoisotopic (exact) mass is 275 g/mol. The molecule has 0 aliphatic rings. The van der Waals surface area contributed by atoms with Crippen LogP contribution in [0.5, 0.6) is 0 Å². The van der Waals surface area contributed by atoms with Gasteiger partial charge in [0.25, 0.3) is 0 Å². The molecule has 1 heterocycles. The molecule has 0 saturated heterocycles. The normalized spacial score (nSPS) is 11.1. The number of aromatic nitrogens is 2. The maximum Gasteiger partial charge on any atom is 0.201 e. The number of halogens is 2. The minimum absolute atomic E-state index is 0.312. The molecule has 0 fully saturated rings. The molecule has 0 bridgehead atoms. The minimum atomic E-state index is -0.312. The molecular weight excluding hydrogens is 265 g/mol. The van der Waals surface area contributed by atoms with E-state index in [0.29, 0.717) is 28.5 Å². The Morgan fingerprint density at radius 1 is 1.21 bits per heavy atom. The Hall–Kier alpha value is -2.07. The predicted octanol–water partition coefficient (Wildman–Crippen LogP) is 3.46. The Labute approximate surface area is 114 Å². The van der Waals surface area contributed by atoms with Crippen molar-refractivity contribution in [2.45, 2.75) is 6.54 Å². The van der Waals surface area contributed by atoms with Gasteiger partial charge in [-0.25, -0.2) is 9.37 Å². The standard InChI is InChI=1S/C14H11ClFN3/c15-11-4-2-1-3-9(11)8-19-13-7-10(16)5-6-12(13)18-14(19)17/h1-7H,8H2,(H2,17,18). The third-order valence-electron chi connectivity index (χ3n) is 3.03. The van der Waals surface area contributed by atoms with Crippen molar-refractivity contribution in [1.82, 2.24) is 9.55 Å². The Morgan fingerprint density at radius 2 is 2.00 bits per heavy atom. The molecule has 0 unspecified atom stereocenters. The molecule has 2 aromatic carbocycles. The summed E-state index contributed by atoms with van der Waals surface area (Å²) in [4.78, 5) is 4.21. The topological polar surface area (TPSA) is 43.8 Å². The van der Waals surface area contributed by atoms with Crippen LogP contribution in [0.1, 0.15) is 5.56 Å². The van der Waals surface area contributed by atoms with Crippen LogP contribution < -0.4 is 5.73 Å². The van der Waals surface area contributed by atoms with Crippen LogP contribution in [0.3, 0.4) is 0 Å². The molecule has 3 aromatic rings. The van der Waals surface area contributed by atoms with Gasteiger partial charge in [0, 0.05) is 5.02 Å². The zero-order valence-electron chi connectivity index (χ0n) is 9.98. The highest BCUT2D eigenvalue weighted by atomic mass is 35.5. The molecule has 0 amide bonds. The second kappa shape index (κ2) is 4.55. The lowest BCUT2D eigenvalue weighted by molar-refractivity contribution is 0.628. The summed E-state index contributed by atoms with van der Waals surface area (Å²) in [5.74, 6) is 0.0355. The van der Waals surface area contributed by atoms with E-state index in [2.05, 4.69) is 4.98 Å². The molecule has 0 spiro atoms. The molecule has 0 atom stereocenters. The average Bonchev–Trinajstić information content (AvgIpc) is 2.69. The van der Waals surface area contributed by atoms with Gasteiger partial charge >= 0.3 is 0 Å². The predicted molar refractivity (Wildman–Crippen MR) is 74.7 cm³/mol. The van der Waals surface area contributed by atoms with E-state index >= 15 is 0 Å². The van der Waals surface area contributed by atoms with E-state index in [1.807, 2.05) is 24.3 Å². The van der Waals surface area contributed by atoms with E-state index in [9.17, 15) is 4.39 Å². The first-order chi connectivity index (χ1) is 9.15. The molecule has 1 aromatic heterocycles. The van der Waals surface area contributed by atoms with Gasteiger partial charge in [0.15, 0.2) is 0 Å². The maximum atomic E-state index is 13.3. The highest BCUT2D eigenvalue weighted by Gasteiger charge is 2.10. The Balaban J connectivity index is 2.12. The van der Waals surface area contributed by atoms with Crippen LogP contribution in [-0.2, 0) is 6.54 Å². The van der Waals surface area contributed by atoms with Gasteiger partial charge in [0.05, 0.1) is 17.6 Å². The van der Waals surface area contributed by atoms with Crippen molar-refractivity contribution in [1.29, 1.82) is 0 Å². The molecule has 5 heteroatoms. The summed E-state index contributed by atoms with van der Waals surface area (Å²) >= 11 is 6.13. The maximum absolute atomic E-state index is 13.3. The lowest BCUT2D eigenvalue weighted by Gasteiger charge is -2.08. The number of nitrogens with two attached hydrogens (primary N) is 1. The number of imidazole rings is 1. The molecule has 0 aliphatic heterocycles. The summed E-state index contributed by atoms with van der Waals surface area (Å²) in [6.07, 6.45) is 0. The van der Waals surface area contributed by atoms with E-state index in [4.69, 9.17) is 17.3 Å². The van der Waals surface area contributed by atoms with Gasteiger partial charge in [-0.2, -0.15) is 0 Å². The van der Waals surface area contributed by atoms with Crippen LogP contribution in [0.2, 0.25) is 5.02 Å². The summed E-state index contributed by atoms with van der Waals surface area (Å²) in [6.45, 7) is 0.464. The smallest absolute Gasteiger partial charge is 0.201 e. The average molecular weight is 276 g/mol. The summed E-state index contributed by atoms with van der Waals surface area (Å²) in [5.41, 5.74) is 8.14. The Kier molecular flexibility index (Phi) is 2.87. The van der Waals surface area contributed by atoms with E-state index < -0.39 is 0 Å². The van der Waals surface area contributed by atoms with Crippen LogP contribution in [0, 0.1) is 5.82 Å². The van der Waals surface area contributed by atoms with Gasteiger partial charge in [-0.1, -0.05) is 29.8 Å². The molecule has 0 radical (unpaired) electrons. The lowest BCUT2D eigenvalue weighted by Crippen LogP contribution is -2.05. The van der Waals surface area contributed by atoms with Crippen LogP contribution in [0.15, 0.2) is 42.5 Å². The SMILES string of the molecule is Nc1nc2ccc(F)cc2n1Cc1ccccc1Cl. The summed E-state index contributed by atoms with van der Waals surface area (Å²) in [6, 6.07) is 11.9. The largest absolute Gasteiger partial charge is 0.369 e. The van der Waals surface area contributed by atoms with Gasteiger partial charge in [-0.3, -0.25) is 0 Å². The zero-order chi connectivity index (χ0) is 13.4. The first-order valence-corrected chi connectivity index (χ1v) is 6.17. The van der Waals surface area contributed by atoms with Crippen molar-refractivity contribution in [3.8, 4) is 0 Å². The lowest BCUT2D eigenvalue weighted by atomic mass is 10.2. The Morgan fingerprint density at radius 3 is 2.79 bits per heavy atom. The van der Waals surface area contributed by atoms with Crippen LogP contribution in [-0.4, -0.2) is 9.55 Å². The van der Waals surface area contributed by atoms with Crippen molar-refractivity contribution in [3.63, 3.8) is 0 Å². The number of hydrogen-bond acceptors (Lipinski definition) is 2. The summed E-state index contributed by atoms with van der Waals surface area (Å²) < 4.78 is 15.1. The summed E-state index contributed by atoms with van der Waals surface area (Å²) in [5, 5.41) is 0.653. The van der Waals surface area contributed by atoms with Crippen LogP contribution in [0.4, 0.5) is 10.3 Å². The third-order valence-corrected chi connectivity index (χ3v) is 3.39. The second-order valence-electron chi connectivity index (χ2n) is 4.28. The van der Waals surface area contributed by atoms with Crippen molar-refractivity contribution in [2.24, 2.45) is 0 Å². The molecule has 0 aliphatic carbocycles. The molecular formula is C14H11ClFN3. The first kappa shape index (κ1) is 12.0. The number of rotatable bonds is 2. The highest BCUT2D eigenvalue weighted by Crippen LogP contribution is 2.23. The number of nitrogens with zero attached hydrogens (tertiary/aromatic N) is 2. The van der Waals surface area contributed by atoms with E-state index in [-0.39, 0.29) is 5.82 Å². The minimum Gasteiger partial charge on any atom is -0.369 e. The Bertz CT molecular complexity index is 752. The van der Waals surface area contributed by atoms with Crippen molar-refractivity contribution in [2.75, 3.05) is 5.73 Å². The van der Waals surface area contributed by atoms with E-state index in [1.165, 1.54) is 12.1 Å². The second-order valence-corrected chi connectivity index (χ2v) is 4.69. The fourth-order valence-corrected chi connectivity index (χ4v) is 2.27. The number of fused-ring (bicyclic) bond motifs is 1. The fraction of sp³-hybridized carbons (Fsp3) is 0.0714. The molecule has 3 rings (SSSR count). The van der Waals surface area contributed by atoms with Crippen LogP contribution >= 0.6 is 11.6 Å². The molecule has 96 valence electrons. The first-order valence-electron chi connectivity index (χ1n) is 5.80. The fourth-order valence-electron chi connectivity index (χ4n) is 2.08. The molecule has 19 heavy (non-hydrogen) atoms. The van der Waals surface area contributed by atoms with Gasteiger partial charge < -0.3 is 10.3 Å². The molecule has 0 saturated carbocycles. The number of hydrogen-bond donors (Lipinski definition) is 1. The van der Waals surface area contributed by atoms with Crippen LogP contribution in [0.25, 0.3) is 11.0 Å². The number of benzene rings is 2. The van der Waals surface area contributed by atoms with Gasteiger partial charge in [-0.15, -0.1) is 0 Å².